The van der Waals surface area contributed by atoms with Gasteiger partial charge in [0, 0.05) is 11.4 Å². The van der Waals surface area contributed by atoms with Crippen LogP contribution in [0.3, 0.4) is 0 Å². The van der Waals surface area contributed by atoms with Crippen molar-refractivity contribution in [1.82, 2.24) is 9.97 Å². The van der Waals surface area contributed by atoms with Crippen molar-refractivity contribution in [2.24, 2.45) is 10.7 Å². The molecule has 1 aromatic heterocycles. The Balaban J connectivity index is 0.00000136. The number of benzene rings is 1. The van der Waals surface area contributed by atoms with E-state index in [9.17, 15) is 0 Å². The van der Waals surface area contributed by atoms with Crippen LogP contribution in [0.15, 0.2) is 28.3 Å². The summed E-state index contributed by atoms with van der Waals surface area (Å²) in [6, 6.07) is 4.69. The molecule has 0 unspecified atom stereocenters. The number of aryl methyl sites for hydroxylation is 3. The molecule has 3 rings (SSSR count). The molecule has 4 N–H and O–H groups in total. The highest BCUT2D eigenvalue weighted by Gasteiger charge is 2.17. The summed E-state index contributed by atoms with van der Waals surface area (Å²) in [4.78, 5) is 15.9. The monoisotopic (exact) mass is 400 g/mol. The first-order chi connectivity index (χ1) is 13.6. The van der Waals surface area contributed by atoms with E-state index in [2.05, 4.69) is 45.6 Å². The molecule has 0 saturated carbocycles. The van der Waals surface area contributed by atoms with Crippen molar-refractivity contribution in [2.75, 3.05) is 29.6 Å². The lowest BCUT2D eigenvalue weighted by atomic mass is 10.1. The molecule has 152 valence electrons. The van der Waals surface area contributed by atoms with Crippen LogP contribution >= 0.6 is 11.8 Å². The number of nitrogens with two attached hydrogens (primary N) is 2. The van der Waals surface area contributed by atoms with Crippen molar-refractivity contribution in [3.05, 3.63) is 35.2 Å². The molecular formula is C21H32N6S. The molecule has 0 fully saturated rings. The summed E-state index contributed by atoms with van der Waals surface area (Å²) in [5.41, 5.74) is 16.5. The van der Waals surface area contributed by atoms with Gasteiger partial charge in [-0.25, -0.2) is 9.97 Å². The van der Waals surface area contributed by atoms with Gasteiger partial charge in [0.15, 0.2) is 11.6 Å². The largest absolute Gasteiger partial charge is 0.382 e. The van der Waals surface area contributed by atoms with E-state index >= 15 is 0 Å². The molecule has 0 saturated heterocycles. The summed E-state index contributed by atoms with van der Waals surface area (Å²) >= 11 is 1.81. The molecule has 6 nitrogen and oxygen atoms in total. The van der Waals surface area contributed by atoms with Gasteiger partial charge in [-0.2, -0.15) is 0 Å². The smallest absolute Gasteiger partial charge is 0.160 e. The minimum atomic E-state index is 0.349. The van der Waals surface area contributed by atoms with Crippen molar-refractivity contribution < 1.29 is 0 Å². The van der Waals surface area contributed by atoms with E-state index in [0.717, 1.165) is 18.8 Å². The van der Waals surface area contributed by atoms with E-state index in [1.165, 1.54) is 47.2 Å². The lowest BCUT2D eigenvalue weighted by molar-refractivity contribution is 0.777. The first-order valence-electron chi connectivity index (χ1n) is 9.91. The third-order valence-corrected chi connectivity index (χ3v) is 5.88. The lowest BCUT2D eigenvalue weighted by Crippen LogP contribution is -2.27. The number of nitrogens with zero attached hydrogens (tertiary/aromatic N) is 4. The van der Waals surface area contributed by atoms with E-state index in [0.29, 0.717) is 23.9 Å². The zero-order valence-corrected chi connectivity index (χ0v) is 18.1. The fourth-order valence-corrected chi connectivity index (χ4v) is 4.37. The molecule has 0 amide bonds. The van der Waals surface area contributed by atoms with E-state index < -0.39 is 0 Å². The number of thioether (sulfide) groups is 1. The van der Waals surface area contributed by atoms with Crippen LogP contribution in [0.2, 0.25) is 0 Å². The standard InChI is InChI=1S/C19H26N6S.C2H6/c1-13-9-14-5-3-6-15(14)10-16(13)26-12-25(8-4-7-20)19-17(22-2)18(21)23-11-24-19;1-2/h9-11H,2-8,12,20H2,1H3,(H2,21,23,24);1-2H3. The molecule has 7 heteroatoms. The molecule has 1 heterocycles. The predicted molar refractivity (Wildman–Crippen MR) is 122 cm³/mol. The number of aliphatic imine (C=N–C) groups is 1. The van der Waals surface area contributed by atoms with Gasteiger partial charge < -0.3 is 16.4 Å². The average Bonchev–Trinajstić information content (AvgIpc) is 3.16. The van der Waals surface area contributed by atoms with Gasteiger partial charge in [-0.3, -0.25) is 4.99 Å². The van der Waals surface area contributed by atoms with Gasteiger partial charge in [0.25, 0.3) is 0 Å². The molecule has 0 aliphatic heterocycles. The van der Waals surface area contributed by atoms with E-state index in [1.54, 1.807) is 0 Å². The second-order valence-corrected chi connectivity index (χ2v) is 7.50. The highest BCUT2D eigenvalue weighted by atomic mass is 32.2. The number of anilines is 2. The van der Waals surface area contributed by atoms with Crippen LogP contribution in [-0.2, 0) is 12.8 Å². The van der Waals surface area contributed by atoms with Crippen LogP contribution in [0.4, 0.5) is 17.3 Å². The van der Waals surface area contributed by atoms with Gasteiger partial charge in [0.2, 0.25) is 0 Å². The summed E-state index contributed by atoms with van der Waals surface area (Å²) in [6.07, 6.45) is 6.00. The number of aromatic nitrogens is 2. The molecule has 1 aliphatic carbocycles. The Kier molecular flexibility index (Phi) is 8.73. The molecule has 1 aromatic carbocycles. The maximum atomic E-state index is 5.95. The SMILES string of the molecule is C=Nc1c(N)ncnc1N(CCCN)CSc1cc2c(cc1C)CCC2.CC. The topological polar surface area (TPSA) is 93.4 Å². The molecule has 28 heavy (non-hydrogen) atoms. The van der Waals surface area contributed by atoms with Crippen LogP contribution in [0.5, 0.6) is 0 Å². The third-order valence-electron chi connectivity index (χ3n) is 4.69. The Morgan fingerprint density at radius 2 is 1.93 bits per heavy atom. The van der Waals surface area contributed by atoms with Crippen molar-refractivity contribution in [3.8, 4) is 0 Å². The van der Waals surface area contributed by atoms with Crippen molar-refractivity contribution >= 4 is 35.8 Å². The summed E-state index contributed by atoms with van der Waals surface area (Å²) in [6.45, 7) is 11.2. The van der Waals surface area contributed by atoms with Gasteiger partial charge >= 0.3 is 0 Å². The lowest BCUT2D eigenvalue weighted by Gasteiger charge is -2.25. The minimum Gasteiger partial charge on any atom is -0.382 e. The molecule has 0 atom stereocenters. The third kappa shape index (κ3) is 5.23. The second-order valence-electron chi connectivity index (χ2n) is 6.51. The summed E-state index contributed by atoms with van der Waals surface area (Å²) in [5.74, 6) is 1.81. The van der Waals surface area contributed by atoms with Crippen LogP contribution < -0.4 is 16.4 Å². The van der Waals surface area contributed by atoms with E-state index in [1.807, 2.05) is 25.6 Å². The number of hydrogen-bond acceptors (Lipinski definition) is 7. The summed E-state index contributed by atoms with van der Waals surface area (Å²) in [7, 11) is 0. The van der Waals surface area contributed by atoms with E-state index in [-0.39, 0.29) is 0 Å². The van der Waals surface area contributed by atoms with Crippen LogP contribution in [0, 0.1) is 6.92 Å². The molecule has 2 aromatic rings. The Bertz CT molecular complexity index is 793. The Morgan fingerprint density at radius 1 is 1.21 bits per heavy atom. The predicted octanol–water partition coefficient (Wildman–Crippen LogP) is 4.12. The number of nitrogen functional groups attached to an aromatic ring is 1. The highest BCUT2D eigenvalue weighted by Crippen LogP contribution is 2.34. The van der Waals surface area contributed by atoms with Gasteiger partial charge in [0.1, 0.15) is 12.0 Å². The molecule has 0 radical (unpaired) electrons. The van der Waals surface area contributed by atoms with Crippen LogP contribution in [0.1, 0.15) is 43.4 Å². The first kappa shape index (κ1) is 22.2. The molecule has 0 bridgehead atoms. The first-order valence-corrected chi connectivity index (χ1v) is 10.9. The minimum absolute atomic E-state index is 0.349. The zero-order valence-electron chi connectivity index (χ0n) is 17.2. The number of rotatable bonds is 8. The van der Waals surface area contributed by atoms with Crippen molar-refractivity contribution in [3.63, 3.8) is 0 Å². The Hall–Kier alpha value is -2.12. The highest BCUT2D eigenvalue weighted by molar-refractivity contribution is 7.99. The average molecular weight is 401 g/mol. The van der Waals surface area contributed by atoms with E-state index in [4.69, 9.17) is 11.5 Å². The second kappa shape index (κ2) is 11.0. The van der Waals surface area contributed by atoms with Gasteiger partial charge in [0.05, 0.1) is 5.88 Å². The van der Waals surface area contributed by atoms with Gasteiger partial charge in [-0.1, -0.05) is 19.9 Å². The van der Waals surface area contributed by atoms with Crippen molar-refractivity contribution in [1.29, 1.82) is 0 Å². The van der Waals surface area contributed by atoms with Gasteiger partial charge in [-0.15, -0.1) is 11.8 Å². The molecule has 1 aliphatic rings. The maximum absolute atomic E-state index is 5.95. The maximum Gasteiger partial charge on any atom is 0.160 e. The summed E-state index contributed by atoms with van der Waals surface area (Å²) < 4.78 is 0. The fraction of sp³-hybridized carbons (Fsp3) is 0.476. The number of fused-ring (bicyclic) bond motifs is 1. The molecule has 0 spiro atoms. The Labute approximate surface area is 172 Å². The fourth-order valence-electron chi connectivity index (χ4n) is 3.31. The van der Waals surface area contributed by atoms with Crippen molar-refractivity contribution in [2.45, 2.75) is 51.3 Å². The molecular weight excluding hydrogens is 368 g/mol. The summed E-state index contributed by atoms with van der Waals surface area (Å²) in [5, 5.41) is 0. The van der Waals surface area contributed by atoms with Crippen LogP contribution in [-0.4, -0.2) is 35.7 Å². The van der Waals surface area contributed by atoms with Crippen LogP contribution in [0.25, 0.3) is 0 Å². The Morgan fingerprint density at radius 3 is 2.61 bits per heavy atom. The van der Waals surface area contributed by atoms with Gasteiger partial charge in [-0.05, 0) is 68.6 Å². The zero-order chi connectivity index (χ0) is 20.5. The normalized spacial score (nSPS) is 12.1. The quantitative estimate of drug-likeness (QED) is 0.393. The number of hydrogen-bond donors (Lipinski definition) is 2.